The Morgan fingerprint density at radius 2 is 2.05 bits per heavy atom. The summed E-state index contributed by atoms with van der Waals surface area (Å²) in [5.41, 5.74) is 1.78. The Hall–Kier alpha value is -1.75. The zero-order chi connectivity index (χ0) is 13.1. The van der Waals surface area contributed by atoms with Crippen LogP contribution < -0.4 is 9.47 Å². The SMILES string of the molecule is ClCCc1cn(-c2ccc3c(c2)OCCCO3)nn1. The van der Waals surface area contributed by atoms with Crippen molar-refractivity contribution in [3.8, 4) is 17.2 Å². The molecule has 1 aliphatic heterocycles. The first-order valence-electron chi connectivity index (χ1n) is 6.24. The molecule has 0 fully saturated rings. The molecule has 0 saturated carbocycles. The fraction of sp³-hybridized carbons (Fsp3) is 0.385. The van der Waals surface area contributed by atoms with Gasteiger partial charge in [0.1, 0.15) is 0 Å². The summed E-state index contributed by atoms with van der Waals surface area (Å²) in [6, 6.07) is 5.76. The van der Waals surface area contributed by atoms with Crippen LogP contribution in [0.15, 0.2) is 24.4 Å². The van der Waals surface area contributed by atoms with Gasteiger partial charge in [-0.15, -0.1) is 16.7 Å². The molecule has 3 rings (SSSR count). The number of alkyl halides is 1. The molecule has 0 spiro atoms. The number of benzene rings is 1. The Balaban J connectivity index is 1.89. The van der Waals surface area contributed by atoms with Gasteiger partial charge in [0.25, 0.3) is 0 Å². The monoisotopic (exact) mass is 279 g/mol. The molecule has 0 N–H and O–H groups in total. The van der Waals surface area contributed by atoms with Gasteiger partial charge in [0.2, 0.25) is 0 Å². The second kappa shape index (κ2) is 5.48. The number of halogens is 1. The Kier molecular flexibility index (Phi) is 3.55. The van der Waals surface area contributed by atoms with Crippen LogP contribution >= 0.6 is 11.6 Å². The number of rotatable bonds is 3. The number of ether oxygens (including phenoxy) is 2. The normalized spacial score (nSPS) is 14.2. The first-order chi connectivity index (χ1) is 9.36. The summed E-state index contributed by atoms with van der Waals surface area (Å²) < 4.78 is 13.0. The van der Waals surface area contributed by atoms with Gasteiger partial charge in [0.05, 0.1) is 30.8 Å². The predicted octanol–water partition coefficient (Wildman–Crippen LogP) is 2.21. The van der Waals surface area contributed by atoms with Gasteiger partial charge in [-0.1, -0.05) is 5.21 Å². The molecule has 0 unspecified atom stereocenters. The second-order valence-electron chi connectivity index (χ2n) is 4.27. The summed E-state index contributed by atoms with van der Waals surface area (Å²) in [4.78, 5) is 0. The molecule has 0 atom stereocenters. The average molecular weight is 280 g/mol. The fourth-order valence-electron chi connectivity index (χ4n) is 1.93. The summed E-state index contributed by atoms with van der Waals surface area (Å²) in [6.45, 7) is 1.36. The standard InChI is InChI=1S/C13H14ClN3O2/c14-5-4-10-9-17(16-15-10)11-2-3-12-13(8-11)19-7-1-6-18-12/h2-3,8-9H,1,4-7H2. The zero-order valence-corrected chi connectivity index (χ0v) is 11.1. The van der Waals surface area contributed by atoms with E-state index in [1.54, 1.807) is 4.68 Å². The smallest absolute Gasteiger partial charge is 0.163 e. The van der Waals surface area contributed by atoms with Crippen molar-refractivity contribution in [1.82, 2.24) is 15.0 Å². The number of hydrogen-bond donors (Lipinski definition) is 0. The first-order valence-corrected chi connectivity index (χ1v) is 6.77. The largest absolute Gasteiger partial charge is 0.490 e. The lowest BCUT2D eigenvalue weighted by Gasteiger charge is -2.08. The van der Waals surface area contributed by atoms with E-state index in [2.05, 4.69) is 10.3 Å². The van der Waals surface area contributed by atoms with E-state index in [1.165, 1.54) is 0 Å². The van der Waals surface area contributed by atoms with E-state index < -0.39 is 0 Å². The first kappa shape index (κ1) is 12.3. The third-order valence-electron chi connectivity index (χ3n) is 2.89. The summed E-state index contributed by atoms with van der Waals surface area (Å²) in [7, 11) is 0. The lowest BCUT2D eigenvalue weighted by atomic mass is 10.2. The minimum absolute atomic E-state index is 0.542. The van der Waals surface area contributed by atoms with Crippen molar-refractivity contribution in [3.05, 3.63) is 30.1 Å². The molecule has 19 heavy (non-hydrogen) atoms. The van der Waals surface area contributed by atoms with E-state index in [4.69, 9.17) is 21.1 Å². The third-order valence-corrected chi connectivity index (χ3v) is 3.08. The summed E-state index contributed by atoms with van der Waals surface area (Å²) in [5, 5.41) is 8.16. The molecule has 5 nitrogen and oxygen atoms in total. The van der Waals surface area contributed by atoms with Crippen LogP contribution in [0.1, 0.15) is 12.1 Å². The van der Waals surface area contributed by atoms with E-state index in [1.807, 2.05) is 24.4 Å². The van der Waals surface area contributed by atoms with Gasteiger partial charge in [-0.3, -0.25) is 0 Å². The van der Waals surface area contributed by atoms with E-state index in [0.717, 1.165) is 29.3 Å². The van der Waals surface area contributed by atoms with Crippen molar-refractivity contribution >= 4 is 11.6 Å². The van der Waals surface area contributed by atoms with Gasteiger partial charge in [0.15, 0.2) is 11.5 Å². The van der Waals surface area contributed by atoms with Crippen molar-refractivity contribution < 1.29 is 9.47 Å². The predicted molar refractivity (Wildman–Crippen MR) is 71.4 cm³/mol. The molecular formula is C13H14ClN3O2. The van der Waals surface area contributed by atoms with Gasteiger partial charge in [0, 0.05) is 24.8 Å². The van der Waals surface area contributed by atoms with Crippen LogP contribution in [0.25, 0.3) is 5.69 Å². The van der Waals surface area contributed by atoms with Crippen LogP contribution in [0.5, 0.6) is 11.5 Å². The fourth-order valence-corrected chi connectivity index (χ4v) is 2.12. The number of aryl methyl sites for hydroxylation is 1. The van der Waals surface area contributed by atoms with Crippen LogP contribution in [0, 0.1) is 0 Å². The Labute approximate surface area is 116 Å². The Bertz CT molecular complexity index is 571. The maximum absolute atomic E-state index is 5.69. The van der Waals surface area contributed by atoms with Crippen molar-refractivity contribution in [3.63, 3.8) is 0 Å². The number of aromatic nitrogens is 3. The minimum atomic E-state index is 0.542. The molecule has 2 heterocycles. The molecule has 1 aromatic heterocycles. The number of nitrogens with zero attached hydrogens (tertiary/aromatic N) is 3. The second-order valence-corrected chi connectivity index (χ2v) is 4.65. The van der Waals surface area contributed by atoms with Crippen LogP contribution in [0.3, 0.4) is 0 Å². The number of fused-ring (bicyclic) bond motifs is 1. The highest BCUT2D eigenvalue weighted by atomic mass is 35.5. The van der Waals surface area contributed by atoms with Gasteiger partial charge < -0.3 is 9.47 Å². The summed E-state index contributed by atoms with van der Waals surface area (Å²) in [5.74, 6) is 2.08. The van der Waals surface area contributed by atoms with Gasteiger partial charge in [-0.05, 0) is 12.1 Å². The van der Waals surface area contributed by atoms with Crippen molar-refractivity contribution in [2.24, 2.45) is 0 Å². The van der Waals surface area contributed by atoms with Gasteiger partial charge >= 0.3 is 0 Å². The molecule has 0 bridgehead atoms. The highest BCUT2D eigenvalue weighted by molar-refractivity contribution is 6.17. The zero-order valence-electron chi connectivity index (χ0n) is 10.4. The molecule has 1 aliphatic rings. The Morgan fingerprint density at radius 3 is 2.89 bits per heavy atom. The summed E-state index contributed by atoms with van der Waals surface area (Å²) >= 11 is 5.69. The molecule has 0 amide bonds. The molecule has 0 radical (unpaired) electrons. The maximum Gasteiger partial charge on any atom is 0.163 e. The highest BCUT2D eigenvalue weighted by Gasteiger charge is 2.12. The minimum Gasteiger partial charge on any atom is -0.490 e. The maximum atomic E-state index is 5.69. The molecule has 0 saturated heterocycles. The lowest BCUT2D eigenvalue weighted by Crippen LogP contribution is -1.98. The van der Waals surface area contributed by atoms with Crippen LogP contribution in [-0.2, 0) is 6.42 Å². The molecule has 100 valence electrons. The quantitative estimate of drug-likeness (QED) is 0.809. The van der Waals surface area contributed by atoms with Crippen LogP contribution in [-0.4, -0.2) is 34.1 Å². The van der Waals surface area contributed by atoms with Crippen LogP contribution in [0.4, 0.5) is 0 Å². The molecule has 2 aromatic rings. The molecular weight excluding hydrogens is 266 g/mol. The van der Waals surface area contributed by atoms with Gasteiger partial charge in [-0.25, -0.2) is 4.68 Å². The lowest BCUT2D eigenvalue weighted by molar-refractivity contribution is 0.297. The topological polar surface area (TPSA) is 49.2 Å². The van der Waals surface area contributed by atoms with Gasteiger partial charge in [-0.2, -0.15) is 0 Å². The third kappa shape index (κ3) is 2.66. The average Bonchev–Trinajstić information content (AvgIpc) is 2.76. The van der Waals surface area contributed by atoms with Crippen molar-refractivity contribution in [2.45, 2.75) is 12.8 Å². The van der Waals surface area contributed by atoms with E-state index in [9.17, 15) is 0 Å². The van der Waals surface area contributed by atoms with E-state index in [0.29, 0.717) is 25.5 Å². The molecule has 0 aliphatic carbocycles. The van der Waals surface area contributed by atoms with Crippen molar-refractivity contribution in [2.75, 3.05) is 19.1 Å². The summed E-state index contributed by atoms with van der Waals surface area (Å²) in [6.07, 6.45) is 3.49. The highest BCUT2D eigenvalue weighted by Crippen LogP contribution is 2.31. The van der Waals surface area contributed by atoms with Crippen LogP contribution in [0.2, 0.25) is 0 Å². The molecule has 1 aromatic carbocycles. The van der Waals surface area contributed by atoms with Crippen molar-refractivity contribution in [1.29, 1.82) is 0 Å². The molecule has 6 heteroatoms. The Morgan fingerprint density at radius 1 is 1.21 bits per heavy atom. The van der Waals surface area contributed by atoms with E-state index >= 15 is 0 Å². The van der Waals surface area contributed by atoms with E-state index in [-0.39, 0.29) is 0 Å². The number of hydrogen-bond acceptors (Lipinski definition) is 4.